The fourth-order valence-electron chi connectivity index (χ4n) is 10.9. The second-order valence-corrected chi connectivity index (χ2v) is 18.0. The van der Waals surface area contributed by atoms with Gasteiger partial charge in [-0.2, -0.15) is 0 Å². The van der Waals surface area contributed by atoms with E-state index in [1.54, 1.807) is 0 Å². The lowest BCUT2D eigenvalue weighted by Gasteiger charge is -2.13. The summed E-state index contributed by atoms with van der Waals surface area (Å²) in [6, 6.07) is 79.8. The summed E-state index contributed by atoms with van der Waals surface area (Å²) in [6.07, 6.45) is 0. The molecule has 0 radical (unpaired) electrons. The van der Waals surface area contributed by atoms with E-state index in [1.807, 2.05) is 18.2 Å². The fourth-order valence-corrected chi connectivity index (χ4v) is 10.9. The Labute approximate surface area is 394 Å². The lowest BCUT2D eigenvalue weighted by molar-refractivity contribution is 0.669. The van der Waals surface area contributed by atoms with Gasteiger partial charge in [-0.25, -0.2) is 15.0 Å². The highest BCUT2D eigenvalue weighted by atomic mass is 16.3. The molecule has 4 aromatic heterocycles. The van der Waals surface area contributed by atoms with Crippen molar-refractivity contribution in [3.63, 3.8) is 0 Å². The first-order valence-corrected chi connectivity index (χ1v) is 23.3. The normalized spacial score (nSPS) is 12.1. The predicted molar refractivity (Wildman–Crippen MR) is 285 cm³/mol. The van der Waals surface area contributed by atoms with Crippen molar-refractivity contribution in [2.75, 3.05) is 0 Å². The van der Waals surface area contributed by atoms with Crippen LogP contribution in [0, 0.1) is 0 Å². The van der Waals surface area contributed by atoms with Crippen molar-refractivity contribution < 1.29 is 4.42 Å². The molecule has 11 aromatic carbocycles. The Balaban J connectivity index is 0.942. The summed E-state index contributed by atoms with van der Waals surface area (Å²) >= 11 is 0. The number of hydrogen-bond donors (Lipinski definition) is 0. The minimum atomic E-state index is 0.587. The number of benzene rings is 11. The first kappa shape index (κ1) is 37.8. The van der Waals surface area contributed by atoms with Gasteiger partial charge in [0.2, 0.25) is 0 Å². The Hall–Kier alpha value is -9.39. The van der Waals surface area contributed by atoms with Crippen molar-refractivity contribution >= 4 is 97.9 Å². The van der Waals surface area contributed by atoms with Gasteiger partial charge in [0.1, 0.15) is 11.2 Å². The maximum Gasteiger partial charge on any atom is 0.164 e. The monoisotopic (exact) mass is 879 g/mol. The summed E-state index contributed by atoms with van der Waals surface area (Å²) in [6.45, 7) is 0. The standard InChI is InChI=1S/C63H37N5O/c1-3-15-38(16-4-1)61-64-62(66-63(65-61)44-27-29-48-46-23-13-14-26-53(46)67(54(48)36-44)45-21-5-2-6-22-45)43-28-30-58-52(33-43)60-49-25-12-11-24-47(49)57(37-59(60)69-58)68-55-34-41-19-9-7-17-39(41)31-50(55)51-32-40-18-8-10-20-42(40)35-56(51)68/h1-37H. The zero-order valence-electron chi connectivity index (χ0n) is 37.0. The minimum absolute atomic E-state index is 0.587. The number of hydrogen-bond acceptors (Lipinski definition) is 4. The zero-order valence-corrected chi connectivity index (χ0v) is 37.0. The Morgan fingerprint density at radius 2 is 0.797 bits per heavy atom. The van der Waals surface area contributed by atoms with Crippen LogP contribution in [0.1, 0.15) is 0 Å². The number of rotatable bonds is 5. The molecule has 0 aliphatic rings. The highest BCUT2D eigenvalue weighted by Gasteiger charge is 2.22. The highest BCUT2D eigenvalue weighted by molar-refractivity contribution is 6.23. The van der Waals surface area contributed by atoms with Crippen molar-refractivity contribution in [2.24, 2.45) is 0 Å². The maximum absolute atomic E-state index is 6.89. The van der Waals surface area contributed by atoms with Crippen LogP contribution in [0.5, 0.6) is 0 Å². The molecule has 6 heteroatoms. The number of nitrogens with zero attached hydrogens (tertiary/aromatic N) is 5. The van der Waals surface area contributed by atoms with Gasteiger partial charge in [0, 0.05) is 66.1 Å². The number of fused-ring (bicyclic) bond motifs is 13. The summed E-state index contributed by atoms with van der Waals surface area (Å²) in [4.78, 5) is 15.6. The molecule has 0 saturated carbocycles. The maximum atomic E-state index is 6.89. The van der Waals surface area contributed by atoms with Gasteiger partial charge in [0.25, 0.3) is 0 Å². The molecule has 0 atom stereocenters. The van der Waals surface area contributed by atoms with Gasteiger partial charge in [-0.15, -0.1) is 0 Å². The highest BCUT2D eigenvalue weighted by Crippen LogP contribution is 2.44. The van der Waals surface area contributed by atoms with Crippen LogP contribution < -0.4 is 0 Å². The van der Waals surface area contributed by atoms with Gasteiger partial charge in [-0.1, -0.05) is 152 Å². The molecule has 6 nitrogen and oxygen atoms in total. The summed E-state index contributed by atoms with van der Waals surface area (Å²) in [5.41, 5.74) is 11.0. The number of furan rings is 1. The summed E-state index contributed by atoms with van der Waals surface area (Å²) < 4.78 is 11.7. The molecular weight excluding hydrogens is 843 g/mol. The predicted octanol–water partition coefficient (Wildman–Crippen LogP) is 16.4. The molecule has 0 aliphatic carbocycles. The van der Waals surface area contributed by atoms with Crippen LogP contribution in [0.25, 0.3) is 143 Å². The van der Waals surface area contributed by atoms with Crippen molar-refractivity contribution in [2.45, 2.75) is 0 Å². The molecule has 0 amide bonds. The van der Waals surface area contributed by atoms with E-state index in [-0.39, 0.29) is 0 Å². The molecule has 15 aromatic rings. The van der Waals surface area contributed by atoms with Crippen LogP contribution in [0.4, 0.5) is 0 Å². The molecule has 0 spiro atoms. The molecule has 0 aliphatic heterocycles. The Morgan fingerprint density at radius 3 is 1.48 bits per heavy atom. The van der Waals surface area contributed by atoms with E-state index < -0.39 is 0 Å². The summed E-state index contributed by atoms with van der Waals surface area (Å²) in [7, 11) is 0. The van der Waals surface area contributed by atoms with Crippen LogP contribution in [0.15, 0.2) is 229 Å². The van der Waals surface area contributed by atoms with Crippen LogP contribution in [0.3, 0.4) is 0 Å². The van der Waals surface area contributed by atoms with E-state index in [0.29, 0.717) is 17.5 Å². The second kappa shape index (κ2) is 14.6. The van der Waals surface area contributed by atoms with Gasteiger partial charge in [-0.05, 0) is 93.7 Å². The molecule has 0 unspecified atom stereocenters. The summed E-state index contributed by atoms with van der Waals surface area (Å²) in [5, 5.41) is 14.0. The third-order valence-corrected chi connectivity index (χ3v) is 14.1. The largest absolute Gasteiger partial charge is 0.456 e. The summed E-state index contributed by atoms with van der Waals surface area (Å²) in [5.74, 6) is 1.80. The first-order valence-electron chi connectivity index (χ1n) is 23.3. The minimum Gasteiger partial charge on any atom is -0.456 e. The van der Waals surface area contributed by atoms with Crippen molar-refractivity contribution in [1.29, 1.82) is 0 Å². The molecule has 15 rings (SSSR count). The van der Waals surface area contributed by atoms with E-state index in [9.17, 15) is 0 Å². The van der Waals surface area contributed by atoms with Crippen molar-refractivity contribution in [1.82, 2.24) is 24.1 Å². The van der Waals surface area contributed by atoms with E-state index in [0.717, 1.165) is 82.8 Å². The molecule has 0 fully saturated rings. The van der Waals surface area contributed by atoms with Crippen molar-refractivity contribution in [3.8, 4) is 45.5 Å². The SMILES string of the molecule is c1ccc(-c2nc(-c3ccc4oc5cc(-n6c7cc8ccccc8cc7c7cc8ccccc8cc76)c6ccccc6c5c4c3)nc(-c3ccc4c5ccccc5n(-c5ccccc5)c4c3)n2)cc1. The van der Waals surface area contributed by atoms with Gasteiger partial charge in [-0.3, -0.25) is 0 Å². The van der Waals surface area contributed by atoms with Crippen LogP contribution in [-0.2, 0) is 0 Å². The number of aromatic nitrogens is 5. The smallest absolute Gasteiger partial charge is 0.164 e. The Morgan fingerprint density at radius 1 is 0.290 bits per heavy atom. The Kier molecular flexibility index (Phi) is 7.97. The van der Waals surface area contributed by atoms with E-state index in [2.05, 4.69) is 215 Å². The van der Waals surface area contributed by atoms with E-state index >= 15 is 0 Å². The topological polar surface area (TPSA) is 61.7 Å². The molecular formula is C63H37N5O. The Bertz CT molecular complexity index is 4510. The van der Waals surface area contributed by atoms with E-state index in [4.69, 9.17) is 19.4 Å². The van der Waals surface area contributed by atoms with Gasteiger partial charge >= 0.3 is 0 Å². The van der Waals surface area contributed by atoms with E-state index in [1.165, 1.54) is 43.1 Å². The van der Waals surface area contributed by atoms with Gasteiger partial charge in [0.05, 0.1) is 27.8 Å². The molecule has 4 heterocycles. The first-order chi connectivity index (χ1) is 34.2. The van der Waals surface area contributed by atoms with Crippen molar-refractivity contribution in [3.05, 3.63) is 224 Å². The second-order valence-electron chi connectivity index (χ2n) is 18.0. The molecule has 0 bridgehead atoms. The quantitative estimate of drug-likeness (QED) is 0.173. The van der Waals surface area contributed by atoms with Crippen LogP contribution >= 0.6 is 0 Å². The number of para-hydroxylation sites is 2. The lowest BCUT2D eigenvalue weighted by atomic mass is 10.0. The molecule has 0 N–H and O–H groups in total. The lowest BCUT2D eigenvalue weighted by Crippen LogP contribution is -2.00. The zero-order chi connectivity index (χ0) is 45.2. The third-order valence-electron chi connectivity index (χ3n) is 14.1. The van der Waals surface area contributed by atoms with Crippen LogP contribution in [-0.4, -0.2) is 24.1 Å². The van der Waals surface area contributed by atoms with Gasteiger partial charge in [0.15, 0.2) is 17.5 Å². The average molecular weight is 880 g/mol. The molecule has 320 valence electrons. The van der Waals surface area contributed by atoms with Gasteiger partial charge < -0.3 is 13.6 Å². The fraction of sp³-hybridized carbons (Fsp3) is 0. The average Bonchev–Trinajstić information content (AvgIpc) is 4.06. The molecule has 69 heavy (non-hydrogen) atoms. The van der Waals surface area contributed by atoms with Crippen LogP contribution in [0.2, 0.25) is 0 Å². The third kappa shape index (κ3) is 5.76. The molecule has 0 saturated heterocycles.